The molecule has 2 aromatic carbocycles. The third kappa shape index (κ3) is 4.56. The lowest BCUT2D eigenvalue weighted by Gasteiger charge is -2.16. The normalized spacial score (nSPS) is 11.8. The minimum atomic E-state index is -0.674. The summed E-state index contributed by atoms with van der Waals surface area (Å²) in [7, 11) is 0. The van der Waals surface area contributed by atoms with Crippen LogP contribution in [-0.4, -0.2) is 12.0 Å². The first-order valence-electron chi connectivity index (χ1n) is 6.90. The zero-order valence-electron chi connectivity index (χ0n) is 12.4. The van der Waals surface area contributed by atoms with Crippen molar-refractivity contribution in [1.29, 1.82) is 0 Å². The second-order valence-electron chi connectivity index (χ2n) is 5.04. The summed E-state index contributed by atoms with van der Waals surface area (Å²) in [6, 6.07) is 12.0. The highest BCUT2D eigenvalue weighted by atomic mass is 79.9. The van der Waals surface area contributed by atoms with Crippen molar-refractivity contribution in [2.24, 2.45) is 0 Å². The summed E-state index contributed by atoms with van der Waals surface area (Å²) in [5, 5.41) is 2.82. The van der Waals surface area contributed by atoms with Crippen LogP contribution in [0, 0.1) is 12.7 Å². The molecule has 1 amide bonds. The molecular weight excluding hydrogens is 349 g/mol. The van der Waals surface area contributed by atoms with Crippen molar-refractivity contribution in [3.8, 4) is 5.75 Å². The number of hydrogen-bond acceptors (Lipinski definition) is 2. The Bertz CT molecular complexity index is 658. The summed E-state index contributed by atoms with van der Waals surface area (Å²) in [6.45, 7) is 4.11. The minimum absolute atomic E-state index is 0.225. The van der Waals surface area contributed by atoms with Gasteiger partial charge in [0, 0.05) is 6.54 Å². The first-order chi connectivity index (χ1) is 10.5. The molecule has 0 spiro atoms. The molecule has 0 aliphatic heterocycles. The topological polar surface area (TPSA) is 38.3 Å². The summed E-state index contributed by atoms with van der Waals surface area (Å²) < 4.78 is 19.0. The van der Waals surface area contributed by atoms with E-state index in [-0.39, 0.29) is 11.7 Å². The number of halogens is 2. The molecule has 1 unspecified atom stereocenters. The maximum absolute atomic E-state index is 13.0. The number of nitrogens with one attached hydrogen (secondary N) is 1. The van der Waals surface area contributed by atoms with Gasteiger partial charge in [0.05, 0.1) is 4.47 Å². The number of carbonyl (C=O) groups is 1. The minimum Gasteiger partial charge on any atom is -0.480 e. The summed E-state index contributed by atoms with van der Waals surface area (Å²) in [5.74, 6) is -0.160. The summed E-state index contributed by atoms with van der Waals surface area (Å²) in [6.07, 6.45) is -0.674. The highest BCUT2D eigenvalue weighted by molar-refractivity contribution is 9.10. The van der Waals surface area contributed by atoms with Crippen molar-refractivity contribution >= 4 is 21.8 Å². The molecule has 1 atom stereocenters. The van der Waals surface area contributed by atoms with E-state index in [1.807, 2.05) is 31.2 Å². The van der Waals surface area contributed by atoms with Crippen LogP contribution in [0.25, 0.3) is 0 Å². The number of carbonyl (C=O) groups excluding carboxylic acids is 1. The average Bonchev–Trinajstić information content (AvgIpc) is 2.49. The Hall–Kier alpha value is -1.88. The zero-order valence-corrected chi connectivity index (χ0v) is 14.0. The first kappa shape index (κ1) is 16.5. The molecule has 116 valence electrons. The van der Waals surface area contributed by atoms with E-state index in [1.54, 1.807) is 6.92 Å². The van der Waals surface area contributed by atoms with E-state index in [9.17, 15) is 9.18 Å². The van der Waals surface area contributed by atoms with Gasteiger partial charge in [-0.25, -0.2) is 4.39 Å². The van der Waals surface area contributed by atoms with Gasteiger partial charge in [-0.2, -0.15) is 0 Å². The first-order valence-corrected chi connectivity index (χ1v) is 7.70. The molecule has 3 nitrogen and oxygen atoms in total. The van der Waals surface area contributed by atoms with Gasteiger partial charge in [-0.05, 0) is 53.5 Å². The predicted molar refractivity (Wildman–Crippen MR) is 87.2 cm³/mol. The van der Waals surface area contributed by atoms with Crippen LogP contribution in [0.2, 0.25) is 0 Å². The SMILES string of the molecule is Cc1ccc(CNC(=O)C(C)Oc2ccc(F)cc2Br)cc1. The van der Waals surface area contributed by atoms with E-state index in [2.05, 4.69) is 21.2 Å². The second kappa shape index (κ2) is 7.40. The van der Waals surface area contributed by atoms with Crippen LogP contribution in [0.1, 0.15) is 18.1 Å². The second-order valence-corrected chi connectivity index (χ2v) is 5.89. The Balaban J connectivity index is 1.90. The van der Waals surface area contributed by atoms with Crippen LogP contribution in [0.15, 0.2) is 46.9 Å². The molecule has 0 radical (unpaired) electrons. The molecule has 0 heterocycles. The van der Waals surface area contributed by atoms with Crippen molar-refractivity contribution in [2.45, 2.75) is 26.5 Å². The maximum Gasteiger partial charge on any atom is 0.261 e. The summed E-state index contributed by atoms with van der Waals surface area (Å²) in [4.78, 5) is 12.0. The van der Waals surface area contributed by atoms with Gasteiger partial charge in [-0.3, -0.25) is 4.79 Å². The standard InChI is InChI=1S/C17H17BrFNO2/c1-11-3-5-13(6-4-11)10-20-17(21)12(2)22-16-8-7-14(19)9-15(16)18/h3-9,12H,10H2,1-2H3,(H,20,21). The molecule has 0 saturated carbocycles. The molecular formula is C17H17BrFNO2. The predicted octanol–water partition coefficient (Wildman–Crippen LogP) is 3.98. The van der Waals surface area contributed by atoms with Crippen LogP contribution in [0.4, 0.5) is 4.39 Å². The Morgan fingerprint density at radius 2 is 1.95 bits per heavy atom. The highest BCUT2D eigenvalue weighted by Gasteiger charge is 2.15. The van der Waals surface area contributed by atoms with Gasteiger partial charge >= 0.3 is 0 Å². The molecule has 0 saturated heterocycles. The average molecular weight is 366 g/mol. The van der Waals surface area contributed by atoms with Gasteiger partial charge in [0.25, 0.3) is 5.91 Å². The van der Waals surface area contributed by atoms with Crippen molar-refractivity contribution in [1.82, 2.24) is 5.32 Å². The monoisotopic (exact) mass is 365 g/mol. The number of ether oxygens (including phenoxy) is 1. The summed E-state index contributed by atoms with van der Waals surface area (Å²) in [5.41, 5.74) is 2.20. The van der Waals surface area contributed by atoms with Gasteiger partial charge < -0.3 is 10.1 Å². The van der Waals surface area contributed by atoms with E-state index < -0.39 is 6.10 Å². The third-order valence-corrected chi connectivity index (χ3v) is 3.77. The van der Waals surface area contributed by atoms with Crippen LogP contribution in [0.5, 0.6) is 5.75 Å². The van der Waals surface area contributed by atoms with Crippen molar-refractivity contribution < 1.29 is 13.9 Å². The fourth-order valence-electron chi connectivity index (χ4n) is 1.85. The molecule has 22 heavy (non-hydrogen) atoms. The fraction of sp³-hybridized carbons (Fsp3) is 0.235. The van der Waals surface area contributed by atoms with Crippen LogP contribution < -0.4 is 10.1 Å². The van der Waals surface area contributed by atoms with E-state index in [4.69, 9.17) is 4.74 Å². The zero-order chi connectivity index (χ0) is 16.1. The number of amides is 1. The molecule has 0 aromatic heterocycles. The number of rotatable bonds is 5. The van der Waals surface area contributed by atoms with Gasteiger partial charge in [-0.15, -0.1) is 0 Å². The number of benzene rings is 2. The van der Waals surface area contributed by atoms with Crippen molar-refractivity contribution in [3.63, 3.8) is 0 Å². The van der Waals surface area contributed by atoms with Gasteiger partial charge in [-0.1, -0.05) is 29.8 Å². The molecule has 2 rings (SSSR count). The Morgan fingerprint density at radius 1 is 1.27 bits per heavy atom. The quantitative estimate of drug-likeness (QED) is 0.869. The van der Waals surface area contributed by atoms with E-state index in [0.29, 0.717) is 16.8 Å². The Morgan fingerprint density at radius 3 is 2.59 bits per heavy atom. The van der Waals surface area contributed by atoms with Crippen molar-refractivity contribution in [3.05, 3.63) is 63.9 Å². The molecule has 0 aliphatic rings. The lowest BCUT2D eigenvalue weighted by Crippen LogP contribution is -2.35. The number of aryl methyl sites for hydroxylation is 1. The lowest BCUT2D eigenvalue weighted by molar-refractivity contribution is -0.127. The smallest absolute Gasteiger partial charge is 0.261 e. The Labute approximate surface area is 137 Å². The van der Waals surface area contributed by atoms with E-state index in [0.717, 1.165) is 5.56 Å². The van der Waals surface area contributed by atoms with Gasteiger partial charge in [0.2, 0.25) is 0 Å². The molecule has 1 N–H and O–H groups in total. The summed E-state index contributed by atoms with van der Waals surface area (Å²) >= 11 is 3.21. The Kier molecular flexibility index (Phi) is 5.55. The van der Waals surface area contributed by atoms with Crippen LogP contribution in [0.3, 0.4) is 0 Å². The van der Waals surface area contributed by atoms with Crippen LogP contribution in [-0.2, 0) is 11.3 Å². The van der Waals surface area contributed by atoms with Gasteiger partial charge in [0.1, 0.15) is 11.6 Å². The molecule has 0 aliphatic carbocycles. The fourth-order valence-corrected chi connectivity index (χ4v) is 2.30. The highest BCUT2D eigenvalue weighted by Crippen LogP contribution is 2.26. The largest absolute Gasteiger partial charge is 0.480 e. The molecule has 0 fully saturated rings. The molecule has 2 aromatic rings. The maximum atomic E-state index is 13.0. The van der Waals surface area contributed by atoms with Gasteiger partial charge in [0.15, 0.2) is 6.10 Å². The van der Waals surface area contributed by atoms with Crippen LogP contribution >= 0.6 is 15.9 Å². The lowest BCUT2D eigenvalue weighted by atomic mass is 10.1. The number of hydrogen-bond donors (Lipinski definition) is 1. The molecule has 0 bridgehead atoms. The van der Waals surface area contributed by atoms with Crippen molar-refractivity contribution in [2.75, 3.05) is 0 Å². The van der Waals surface area contributed by atoms with E-state index in [1.165, 1.54) is 23.8 Å². The van der Waals surface area contributed by atoms with E-state index >= 15 is 0 Å². The third-order valence-electron chi connectivity index (χ3n) is 3.15. The molecule has 5 heteroatoms.